The van der Waals surface area contributed by atoms with Gasteiger partial charge in [0.15, 0.2) is 0 Å². The molecule has 0 aromatic rings. The number of likely N-dealkylation sites (tertiary alicyclic amines) is 1. The molecule has 1 nitrogen and oxygen atoms in total. The summed E-state index contributed by atoms with van der Waals surface area (Å²) in [7, 11) is 2.38. The molecular weight excluding hydrogens is 190 g/mol. The molecule has 1 heterocycles. The number of alkyl halides is 1. The van der Waals surface area contributed by atoms with Crippen LogP contribution in [0.15, 0.2) is 0 Å². The molecule has 1 saturated heterocycles. The highest BCUT2D eigenvalue weighted by Gasteiger charge is 2.22. The van der Waals surface area contributed by atoms with Gasteiger partial charge in [-0.1, -0.05) is 15.9 Å². The Labute approximate surface area is 72.1 Å². The molecule has 1 aliphatic heterocycles. The fraction of sp³-hybridized carbons (Fsp3) is 1.00. The van der Waals surface area contributed by atoms with Crippen molar-refractivity contribution in [2.24, 2.45) is 0 Å². The van der Waals surface area contributed by atoms with E-state index in [9.17, 15) is 0 Å². The van der Waals surface area contributed by atoms with E-state index in [1.165, 1.54) is 43.4 Å². The molecule has 0 unspecified atom stereocenters. The Balaban J connectivity index is 2.32. The van der Waals surface area contributed by atoms with E-state index in [1.54, 1.807) is 0 Å². The lowest BCUT2D eigenvalue weighted by Crippen LogP contribution is -2.48. The molecule has 0 radical (unpaired) electrons. The van der Waals surface area contributed by atoms with Crippen molar-refractivity contribution < 1.29 is 4.48 Å². The van der Waals surface area contributed by atoms with Crippen LogP contribution in [0.4, 0.5) is 0 Å². The molecule has 10 heavy (non-hydrogen) atoms. The van der Waals surface area contributed by atoms with Gasteiger partial charge in [0.1, 0.15) is 0 Å². The van der Waals surface area contributed by atoms with Gasteiger partial charge in [-0.2, -0.15) is 0 Å². The van der Waals surface area contributed by atoms with Crippen molar-refractivity contribution in [3.63, 3.8) is 0 Å². The van der Waals surface area contributed by atoms with Crippen LogP contribution in [0.5, 0.6) is 0 Å². The van der Waals surface area contributed by atoms with E-state index in [1.807, 2.05) is 0 Å². The minimum Gasteiger partial charge on any atom is -0.325 e. The fourth-order valence-electron chi connectivity index (χ4n) is 1.70. The molecule has 0 saturated carbocycles. The molecule has 0 amide bonds. The fourth-order valence-corrected chi connectivity index (χ4v) is 2.56. The summed E-state index contributed by atoms with van der Waals surface area (Å²) in [5.41, 5.74) is 0. The lowest BCUT2D eigenvalue weighted by molar-refractivity contribution is -0.911. The van der Waals surface area contributed by atoms with E-state index in [2.05, 4.69) is 23.0 Å². The van der Waals surface area contributed by atoms with E-state index in [0.29, 0.717) is 0 Å². The minimum absolute atomic E-state index is 1.16. The number of rotatable bonds is 2. The summed E-state index contributed by atoms with van der Waals surface area (Å²) in [5, 5.41) is 1.16. The zero-order valence-electron chi connectivity index (χ0n) is 6.77. The van der Waals surface area contributed by atoms with Crippen LogP contribution in [0.2, 0.25) is 0 Å². The van der Waals surface area contributed by atoms with Crippen LogP contribution in [0.25, 0.3) is 0 Å². The van der Waals surface area contributed by atoms with Crippen LogP contribution >= 0.6 is 15.9 Å². The standard InChI is InChI=1S/C8H17BrN/c1-10(8-5-9)6-3-2-4-7-10/h2-8H2,1H3/q+1. The number of quaternary nitrogens is 1. The molecule has 0 bridgehead atoms. The van der Waals surface area contributed by atoms with Crippen LogP contribution in [0, 0.1) is 0 Å². The van der Waals surface area contributed by atoms with E-state index in [0.717, 1.165) is 5.33 Å². The molecule has 0 spiro atoms. The second-order valence-electron chi connectivity index (χ2n) is 3.54. The number of nitrogens with zero attached hydrogens (tertiary/aromatic N) is 1. The Morgan fingerprint density at radius 2 is 1.80 bits per heavy atom. The number of halogens is 1. The third-order valence-corrected chi connectivity index (χ3v) is 2.87. The molecule has 1 rings (SSSR count). The summed E-state index contributed by atoms with van der Waals surface area (Å²) >= 11 is 3.50. The van der Waals surface area contributed by atoms with Gasteiger partial charge in [0, 0.05) is 0 Å². The van der Waals surface area contributed by atoms with Crippen LogP contribution in [0.1, 0.15) is 19.3 Å². The third-order valence-electron chi connectivity index (χ3n) is 2.52. The van der Waals surface area contributed by atoms with E-state index < -0.39 is 0 Å². The summed E-state index contributed by atoms with van der Waals surface area (Å²) in [6.45, 7) is 4.09. The van der Waals surface area contributed by atoms with E-state index in [-0.39, 0.29) is 0 Å². The molecule has 0 aliphatic carbocycles. The zero-order chi connectivity index (χ0) is 7.45. The minimum atomic E-state index is 1.16. The van der Waals surface area contributed by atoms with Gasteiger partial charge in [-0.25, -0.2) is 0 Å². The SMILES string of the molecule is C[N+]1(CCBr)CCCCC1. The summed E-state index contributed by atoms with van der Waals surface area (Å²) in [6.07, 6.45) is 4.32. The third kappa shape index (κ3) is 2.24. The normalized spacial score (nSPS) is 24.6. The number of hydrogen-bond donors (Lipinski definition) is 0. The van der Waals surface area contributed by atoms with Crippen LogP contribution in [0.3, 0.4) is 0 Å². The van der Waals surface area contributed by atoms with E-state index >= 15 is 0 Å². The average Bonchev–Trinajstić information content (AvgIpc) is 1.89. The highest BCUT2D eigenvalue weighted by molar-refractivity contribution is 9.09. The van der Waals surface area contributed by atoms with Crippen LogP contribution in [-0.2, 0) is 0 Å². The van der Waals surface area contributed by atoms with E-state index in [4.69, 9.17) is 0 Å². The molecule has 0 atom stereocenters. The lowest BCUT2D eigenvalue weighted by atomic mass is 10.1. The highest BCUT2D eigenvalue weighted by atomic mass is 79.9. The quantitative estimate of drug-likeness (QED) is 0.480. The molecule has 60 valence electrons. The van der Waals surface area contributed by atoms with Gasteiger partial charge in [0.2, 0.25) is 0 Å². The molecule has 1 fully saturated rings. The molecule has 0 N–H and O–H groups in total. The first kappa shape index (κ1) is 8.54. The Hall–Kier alpha value is 0.440. The molecule has 0 aromatic heterocycles. The van der Waals surface area contributed by atoms with Gasteiger partial charge in [0.05, 0.1) is 32.0 Å². The predicted octanol–water partition coefficient (Wildman–Crippen LogP) is 2.01. The lowest BCUT2D eigenvalue weighted by Gasteiger charge is -2.37. The first-order valence-corrected chi connectivity index (χ1v) is 5.28. The Morgan fingerprint density at radius 3 is 2.30 bits per heavy atom. The summed E-state index contributed by atoms with van der Waals surface area (Å²) in [4.78, 5) is 0. The smallest absolute Gasteiger partial charge is 0.0883 e. The Bertz CT molecular complexity index is 91.9. The van der Waals surface area contributed by atoms with Crippen molar-refractivity contribution in [2.45, 2.75) is 19.3 Å². The highest BCUT2D eigenvalue weighted by Crippen LogP contribution is 2.15. The van der Waals surface area contributed by atoms with Crippen molar-refractivity contribution >= 4 is 15.9 Å². The van der Waals surface area contributed by atoms with Gasteiger partial charge in [0.25, 0.3) is 0 Å². The maximum Gasteiger partial charge on any atom is 0.0883 e. The molecule has 0 aromatic carbocycles. The van der Waals surface area contributed by atoms with Gasteiger partial charge in [-0.3, -0.25) is 0 Å². The summed E-state index contributed by atoms with van der Waals surface area (Å²) < 4.78 is 1.30. The first-order valence-electron chi connectivity index (χ1n) is 4.16. The Kier molecular flexibility index (Phi) is 3.18. The maximum atomic E-state index is 3.50. The number of hydrogen-bond acceptors (Lipinski definition) is 0. The monoisotopic (exact) mass is 206 g/mol. The number of piperidine rings is 1. The maximum absolute atomic E-state index is 3.50. The summed E-state index contributed by atoms with van der Waals surface area (Å²) in [5.74, 6) is 0. The van der Waals surface area contributed by atoms with Crippen molar-refractivity contribution in [3.8, 4) is 0 Å². The second kappa shape index (κ2) is 3.72. The van der Waals surface area contributed by atoms with Crippen LogP contribution < -0.4 is 0 Å². The predicted molar refractivity (Wildman–Crippen MR) is 48.4 cm³/mol. The van der Waals surface area contributed by atoms with Crippen LogP contribution in [-0.4, -0.2) is 36.5 Å². The average molecular weight is 207 g/mol. The van der Waals surface area contributed by atoms with Crippen molar-refractivity contribution in [1.82, 2.24) is 0 Å². The molecule has 1 aliphatic rings. The van der Waals surface area contributed by atoms with Crippen molar-refractivity contribution in [2.75, 3.05) is 32.0 Å². The summed E-state index contributed by atoms with van der Waals surface area (Å²) in [6, 6.07) is 0. The molecule has 2 heteroatoms. The van der Waals surface area contributed by atoms with Gasteiger partial charge in [-0.05, 0) is 19.3 Å². The molecular formula is C8H17BrN+. The largest absolute Gasteiger partial charge is 0.325 e. The van der Waals surface area contributed by atoms with Crippen molar-refractivity contribution in [1.29, 1.82) is 0 Å². The topological polar surface area (TPSA) is 0 Å². The van der Waals surface area contributed by atoms with Gasteiger partial charge < -0.3 is 4.48 Å². The van der Waals surface area contributed by atoms with Crippen molar-refractivity contribution in [3.05, 3.63) is 0 Å². The first-order chi connectivity index (χ1) is 4.77. The second-order valence-corrected chi connectivity index (χ2v) is 4.33. The Morgan fingerprint density at radius 1 is 1.20 bits per heavy atom. The van der Waals surface area contributed by atoms with Gasteiger partial charge >= 0.3 is 0 Å². The zero-order valence-corrected chi connectivity index (χ0v) is 8.36. The van der Waals surface area contributed by atoms with Gasteiger partial charge in [-0.15, -0.1) is 0 Å².